The summed E-state index contributed by atoms with van der Waals surface area (Å²) in [7, 11) is 0. The summed E-state index contributed by atoms with van der Waals surface area (Å²) in [6.07, 6.45) is 8.18. The van der Waals surface area contributed by atoms with Gasteiger partial charge in [-0.05, 0) is 74.3 Å². The van der Waals surface area contributed by atoms with E-state index in [-0.39, 0.29) is 46.1 Å². The van der Waals surface area contributed by atoms with Crippen LogP contribution in [0.4, 0.5) is 0 Å². The first-order valence-electron chi connectivity index (χ1n) is 10.9. The minimum absolute atomic E-state index is 0.0423. The third kappa shape index (κ3) is 2.24. The number of Topliss-reactive ketones (excluding diaryl/α,β-unsaturated/α-hetero) is 1. The summed E-state index contributed by atoms with van der Waals surface area (Å²) in [5.74, 6) is 1.27. The summed E-state index contributed by atoms with van der Waals surface area (Å²) in [6.45, 7) is 7.42. The molecule has 8 atom stereocenters. The van der Waals surface area contributed by atoms with Crippen molar-refractivity contribution in [2.24, 2.45) is 40.4 Å². The Labute approximate surface area is 177 Å². The van der Waals surface area contributed by atoms with Crippen molar-refractivity contribution in [1.82, 2.24) is 0 Å². The lowest BCUT2D eigenvalue weighted by molar-refractivity contribution is -0.185. The first-order chi connectivity index (χ1) is 13.6. The van der Waals surface area contributed by atoms with Gasteiger partial charge in [0.25, 0.3) is 0 Å². The van der Waals surface area contributed by atoms with Gasteiger partial charge in [0.05, 0.1) is 0 Å². The number of allylic oxidation sites excluding steroid dienone is 4. The van der Waals surface area contributed by atoms with Crippen molar-refractivity contribution in [2.45, 2.75) is 65.4 Å². The normalized spacial score (nSPS) is 49.7. The third-order valence-corrected chi connectivity index (χ3v) is 9.83. The second kappa shape index (κ2) is 5.84. The fraction of sp³-hybridized carbons (Fsp3) is 0.708. The zero-order valence-electron chi connectivity index (χ0n) is 17.6. The van der Waals surface area contributed by atoms with Gasteiger partial charge < -0.3 is 4.74 Å². The van der Waals surface area contributed by atoms with Crippen molar-refractivity contribution < 1.29 is 19.1 Å². The highest BCUT2D eigenvalue weighted by atomic mass is 35.5. The van der Waals surface area contributed by atoms with E-state index in [0.29, 0.717) is 23.3 Å². The molecule has 0 saturated heterocycles. The Hall–Kier alpha value is -1.42. The van der Waals surface area contributed by atoms with Gasteiger partial charge in [0.15, 0.2) is 17.2 Å². The summed E-state index contributed by atoms with van der Waals surface area (Å²) in [6, 6.07) is 0. The summed E-state index contributed by atoms with van der Waals surface area (Å²) in [4.78, 5) is 37.1. The van der Waals surface area contributed by atoms with Crippen molar-refractivity contribution >= 4 is 29.1 Å². The van der Waals surface area contributed by atoms with Crippen LogP contribution in [0.1, 0.15) is 59.8 Å². The lowest BCUT2D eigenvalue weighted by Gasteiger charge is -2.57. The van der Waals surface area contributed by atoms with E-state index in [1.807, 2.05) is 6.08 Å². The molecule has 3 fully saturated rings. The fourth-order valence-electron chi connectivity index (χ4n) is 8.03. The van der Waals surface area contributed by atoms with Crippen LogP contribution < -0.4 is 0 Å². The Kier molecular flexibility index (Phi) is 3.93. The van der Waals surface area contributed by atoms with Crippen molar-refractivity contribution in [1.29, 1.82) is 0 Å². The van der Waals surface area contributed by atoms with Crippen LogP contribution >= 0.6 is 11.6 Å². The summed E-state index contributed by atoms with van der Waals surface area (Å²) in [5.41, 5.74) is -0.455. The molecule has 0 unspecified atom stereocenters. The molecule has 0 aromatic carbocycles. The Bertz CT molecular complexity index is 903. The average molecular weight is 417 g/mol. The maximum Gasteiger partial charge on any atom is 0.303 e. The van der Waals surface area contributed by atoms with Crippen LogP contribution in [0, 0.1) is 40.4 Å². The first kappa shape index (κ1) is 19.5. The minimum Gasteiger partial charge on any atom is -0.451 e. The number of hydrogen-bond acceptors (Lipinski definition) is 4. The highest BCUT2D eigenvalue weighted by Gasteiger charge is 2.70. The van der Waals surface area contributed by atoms with Crippen molar-refractivity contribution in [3.63, 3.8) is 0 Å². The molecule has 0 aromatic heterocycles. The van der Waals surface area contributed by atoms with Crippen LogP contribution in [-0.4, -0.2) is 23.1 Å². The molecular weight excluding hydrogens is 388 g/mol. The maximum absolute atomic E-state index is 12.8. The Morgan fingerprint density at radius 3 is 2.45 bits per heavy atom. The predicted octanol–water partition coefficient (Wildman–Crippen LogP) is 4.61. The SMILES string of the molecule is CC(=O)O[C@]1(C(C)=O)CC[C@@H]2[C@@H]3C=C(Cl)C4=CC(=O)[C@@H]5C[C@@H]5[C@]4(C)[C@@H]3CC[C@]21C. The number of hydrogen-bond donors (Lipinski definition) is 0. The molecule has 0 heterocycles. The summed E-state index contributed by atoms with van der Waals surface area (Å²) >= 11 is 6.79. The number of carbonyl (C=O) groups excluding carboxylic acids is 3. The second-order valence-electron chi connectivity index (χ2n) is 10.5. The predicted molar refractivity (Wildman–Crippen MR) is 109 cm³/mol. The molecule has 0 radical (unpaired) electrons. The van der Waals surface area contributed by atoms with Gasteiger partial charge in [-0.25, -0.2) is 0 Å². The second-order valence-corrected chi connectivity index (χ2v) is 10.9. The van der Waals surface area contributed by atoms with Gasteiger partial charge in [-0.1, -0.05) is 31.5 Å². The topological polar surface area (TPSA) is 60.4 Å². The molecule has 5 aliphatic rings. The molecule has 0 bridgehead atoms. The van der Waals surface area contributed by atoms with Gasteiger partial charge in [0.2, 0.25) is 0 Å². The van der Waals surface area contributed by atoms with E-state index >= 15 is 0 Å². The first-order valence-corrected chi connectivity index (χ1v) is 11.3. The lowest BCUT2D eigenvalue weighted by Crippen LogP contribution is -2.58. The standard InChI is InChI=1S/C24H29ClO4/c1-12(26)24(29-13(2)27)8-6-16-14-10-20(25)19-11-21(28)15-9-18(15)23(19,4)17(14)5-7-22(16,24)3/h10-11,14-18H,5-9H2,1-4H3/t14-,15+,16+,17+,18-,22+,23-,24-/m0/s1. The van der Waals surface area contributed by atoms with Crippen LogP contribution in [0.25, 0.3) is 0 Å². The molecule has 0 amide bonds. The lowest BCUT2D eigenvalue weighted by atomic mass is 9.47. The third-order valence-electron chi connectivity index (χ3n) is 9.50. The molecule has 4 nitrogen and oxygen atoms in total. The van der Waals surface area contributed by atoms with Crippen molar-refractivity contribution in [3.05, 3.63) is 22.8 Å². The zero-order valence-corrected chi connectivity index (χ0v) is 18.3. The van der Waals surface area contributed by atoms with E-state index in [1.165, 1.54) is 6.92 Å². The number of carbonyl (C=O) groups is 3. The van der Waals surface area contributed by atoms with Crippen LogP contribution in [0.5, 0.6) is 0 Å². The minimum atomic E-state index is -1.03. The highest BCUT2D eigenvalue weighted by molar-refractivity contribution is 6.32. The van der Waals surface area contributed by atoms with Gasteiger partial charge in [-0.2, -0.15) is 0 Å². The van der Waals surface area contributed by atoms with E-state index in [9.17, 15) is 14.4 Å². The molecular formula is C24H29ClO4. The van der Waals surface area contributed by atoms with E-state index in [4.69, 9.17) is 16.3 Å². The molecule has 3 saturated carbocycles. The fourth-order valence-corrected chi connectivity index (χ4v) is 8.43. The maximum atomic E-state index is 12.8. The summed E-state index contributed by atoms with van der Waals surface area (Å²) in [5, 5.41) is 0.713. The van der Waals surface area contributed by atoms with Gasteiger partial charge in [0.1, 0.15) is 0 Å². The summed E-state index contributed by atoms with van der Waals surface area (Å²) < 4.78 is 5.82. The highest BCUT2D eigenvalue weighted by Crippen LogP contribution is 2.72. The number of rotatable bonds is 2. The quantitative estimate of drug-likeness (QED) is 0.617. The molecule has 0 N–H and O–H groups in total. The van der Waals surface area contributed by atoms with Crippen LogP contribution in [0.3, 0.4) is 0 Å². The number of esters is 1. The van der Waals surface area contributed by atoms with Gasteiger partial charge in [0, 0.05) is 28.7 Å². The Morgan fingerprint density at radius 1 is 1.10 bits per heavy atom. The molecule has 29 heavy (non-hydrogen) atoms. The Balaban J connectivity index is 1.60. The molecule has 0 aromatic rings. The smallest absolute Gasteiger partial charge is 0.303 e. The number of fused-ring (bicyclic) bond motifs is 7. The van der Waals surface area contributed by atoms with Crippen molar-refractivity contribution in [2.75, 3.05) is 0 Å². The number of halogens is 1. The van der Waals surface area contributed by atoms with E-state index < -0.39 is 5.60 Å². The van der Waals surface area contributed by atoms with Crippen molar-refractivity contribution in [3.8, 4) is 0 Å². The molecule has 5 heteroatoms. The molecule has 0 spiro atoms. The zero-order chi connectivity index (χ0) is 20.9. The average Bonchev–Trinajstić information content (AvgIpc) is 3.39. The van der Waals surface area contributed by atoms with E-state index in [2.05, 4.69) is 19.9 Å². The van der Waals surface area contributed by atoms with E-state index in [0.717, 1.165) is 31.3 Å². The van der Waals surface area contributed by atoms with E-state index in [1.54, 1.807) is 6.92 Å². The molecule has 5 rings (SSSR count). The number of ether oxygens (including phenoxy) is 1. The molecule has 156 valence electrons. The number of ketones is 2. The molecule has 0 aliphatic heterocycles. The largest absolute Gasteiger partial charge is 0.451 e. The monoisotopic (exact) mass is 416 g/mol. The van der Waals surface area contributed by atoms with Gasteiger partial charge in [-0.3, -0.25) is 14.4 Å². The van der Waals surface area contributed by atoms with Crippen LogP contribution in [-0.2, 0) is 19.1 Å². The Morgan fingerprint density at radius 2 is 1.79 bits per heavy atom. The van der Waals surface area contributed by atoms with Crippen LogP contribution in [0.2, 0.25) is 0 Å². The van der Waals surface area contributed by atoms with Gasteiger partial charge >= 0.3 is 5.97 Å². The molecule has 5 aliphatic carbocycles. The van der Waals surface area contributed by atoms with Gasteiger partial charge in [-0.15, -0.1) is 0 Å². The van der Waals surface area contributed by atoms with Crippen LogP contribution in [0.15, 0.2) is 22.8 Å².